The minimum Gasteiger partial charge on any atom is -0.269 e. The van der Waals surface area contributed by atoms with Gasteiger partial charge in [-0.1, -0.05) is 18.2 Å². The maximum atomic E-state index is 12.7. The summed E-state index contributed by atoms with van der Waals surface area (Å²) in [6, 6.07) is 8.08. The summed E-state index contributed by atoms with van der Waals surface area (Å²) in [4.78, 5) is 5.22. The van der Waals surface area contributed by atoms with Crippen LogP contribution in [0.3, 0.4) is 0 Å². The summed E-state index contributed by atoms with van der Waals surface area (Å²) in [5, 5.41) is 4.01. The van der Waals surface area contributed by atoms with Crippen LogP contribution in [-0.2, 0) is 26.7 Å². The van der Waals surface area contributed by atoms with Crippen molar-refractivity contribution in [3.8, 4) is 9.88 Å². The largest absolute Gasteiger partial charge is 0.404 e. The average molecular weight is 528 g/mol. The Morgan fingerprint density at radius 2 is 1.75 bits per heavy atom. The number of nitrogens with zero attached hydrogens (tertiary/aromatic N) is 1. The highest BCUT2D eigenvalue weighted by Gasteiger charge is 2.36. The van der Waals surface area contributed by atoms with Crippen LogP contribution < -0.4 is 9.44 Å². The molecule has 0 unspecified atom stereocenters. The Kier molecular flexibility index (Phi) is 7.26. The molecule has 0 bridgehead atoms. The molecule has 1 aromatic carbocycles. The molecule has 0 aliphatic heterocycles. The molecule has 0 aliphatic carbocycles. The van der Waals surface area contributed by atoms with Crippen molar-refractivity contribution < 1.29 is 34.6 Å². The van der Waals surface area contributed by atoms with E-state index in [1.165, 1.54) is 46.9 Å². The molecule has 15 heteroatoms. The van der Waals surface area contributed by atoms with Gasteiger partial charge in [-0.15, -0.1) is 22.7 Å². The number of hydrogen-bond donors (Lipinski definition) is 3. The van der Waals surface area contributed by atoms with Crippen LogP contribution in [0.1, 0.15) is 17.3 Å². The van der Waals surface area contributed by atoms with E-state index >= 15 is 0 Å². The molecule has 32 heavy (non-hydrogen) atoms. The SMILES string of the molecule is O=S(=O)(O)Nc1ccc(C[C@H](NS(=O)(=O)CC(F)(F)F)c2csc(-c3cccs3)n2)cc1. The van der Waals surface area contributed by atoms with Crippen LogP contribution in [0, 0.1) is 0 Å². The Morgan fingerprint density at radius 3 is 2.31 bits per heavy atom. The molecule has 2 aromatic heterocycles. The third-order valence-corrected chi connectivity index (χ3v) is 7.67. The first-order valence-corrected chi connectivity index (χ1v) is 13.5. The number of halogens is 3. The summed E-state index contributed by atoms with van der Waals surface area (Å²) < 4.78 is 96.8. The van der Waals surface area contributed by atoms with Crippen molar-refractivity contribution in [1.29, 1.82) is 0 Å². The van der Waals surface area contributed by atoms with Gasteiger partial charge in [-0.3, -0.25) is 9.27 Å². The number of rotatable bonds is 9. The molecule has 0 saturated heterocycles. The van der Waals surface area contributed by atoms with Gasteiger partial charge < -0.3 is 0 Å². The molecule has 0 spiro atoms. The molecule has 0 amide bonds. The molecule has 174 valence electrons. The molecule has 0 aliphatic rings. The Hall–Kier alpha value is -2.04. The van der Waals surface area contributed by atoms with Crippen molar-refractivity contribution in [3.63, 3.8) is 0 Å². The summed E-state index contributed by atoms with van der Waals surface area (Å²) in [6.07, 6.45) is -4.96. The summed E-state index contributed by atoms with van der Waals surface area (Å²) >= 11 is 2.65. The molecule has 8 nitrogen and oxygen atoms in total. The van der Waals surface area contributed by atoms with Gasteiger partial charge in [-0.05, 0) is 35.6 Å². The van der Waals surface area contributed by atoms with Crippen molar-refractivity contribution in [1.82, 2.24) is 9.71 Å². The van der Waals surface area contributed by atoms with E-state index in [2.05, 4.69) is 9.71 Å². The molecule has 0 saturated carbocycles. The summed E-state index contributed by atoms with van der Waals surface area (Å²) in [5.41, 5.74) is 0.805. The van der Waals surface area contributed by atoms with E-state index in [1.54, 1.807) is 5.38 Å². The zero-order valence-electron chi connectivity index (χ0n) is 15.9. The van der Waals surface area contributed by atoms with Crippen molar-refractivity contribution in [3.05, 3.63) is 58.4 Å². The van der Waals surface area contributed by atoms with Gasteiger partial charge in [0.1, 0.15) is 5.01 Å². The second-order valence-electron chi connectivity index (χ2n) is 6.58. The lowest BCUT2D eigenvalue weighted by atomic mass is 10.0. The van der Waals surface area contributed by atoms with Gasteiger partial charge in [0.05, 0.1) is 22.3 Å². The third-order valence-electron chi connectivity index (χ3n) is 3.93. The van der Waals surface area contributed by atoms with E-state index in [-0.39, 0.29) is 17.8 Å². The first kappa shape index (κ1) is 24.6. The normalized spacial score (nSPS) is 13.8. The zero-order valence-corrected chi connectivity index (χ0v) is 19.2. The standard InChI is InChI=1S/C17H16F3N3O5S4/c18-17(19,20)10-31(24,25)23-13(14-9-30-16(21-14)15-2-1-7-29-15)8-11-3-5-12(6-4-11)22-32(26,27)28/h1-7,9,13,22-23H,8,10H2,(H,26,27,28)/t13-/m0/s1. The lowest BCUT2D eigenvalue weighted by Gasteiger charge is -2.18. The Labute approximate surface area is 190 Å². The molecule has 0 fully saturated rings. The number of alkyl halides is 3. The van der Waals surface area contributed by atoms with E-state index in [4.69, 9.17) is 4.55 Å². The van der Waals surface area contributed by atoms with Crippen molar-refractivity contribution in [2.24, 2.45) is 0 Å². The first-order valence-electron chi connectivity index (χ1n) is 8.70. The molecular formula is C17H16F3N3O5S4. The number of anilines is 1. The van der Waals surface area contributed by atoms with Crippen LogP contribution in [0.2, 0.25) is 0 Å². The van der Waals surface area contributed by atoms with E-state index in [1.807, 2.05) is 22.2 Å². The van der Waals surface area contributed by atoms with Crippen LogP contribution in [-0.4, -0.2) is 38.3 Å². The summed E-state index contributed by atoms with van der Waals surface area (Å²) in [7, 11) is -9.19. The Balaban J connectivity index is 1.87. The second-order valence-corrected chi connectivity index (χ2v) is 11.3. The molecule has 3 rings (SSSR count). The number of hydrogen-bond acceptors (Lipinski definition) is 7. The predicted molar refractivity (Wildman–Crippen MR) is 116 cm³/mol. The van der Waals surface area contributed by atoms with Gasteiger partial charge in [0.2, 0.25) is 10.0 Å². The van der Waals surface area contributed by atoms with Gasteiger partial charge in [-0.25, -0.2) is 18.1 Å². The maximum Gasteiger partial charge on any atom is 0.404 e. The number of nitrogens with one attached hydrogen (secondary N) is 2. The van der Waals surface area contributed by atoms with E-state index < -0.39 is 38.3 Å². The van der Waals surface area contributed by atoms with Crippen LogP contribution in [0.15, 0.2) is 47.2 Å². The van der Waals surface area contributed by atoms with Crippen molar-refractivity contribution >= 4 is 48.7 Å². The molecular weight excluding hydrogens is 511 g/mol. The summed E-state index contributed by atoms with van der Waals surface area (Å²) in [5.74, 6) is -2.03. The molecule has 3 aromatic rings. The van der Waals surface area contributed by atoms with Gasteiger partial charge in [-0.2, -0.15) is 21.6 Å². The Bertz CT molecular complexity index is 1260. The number of thiazole rings is 1. The molecule has 3 N–H and O–H groups in total. The van der Waals surface area contributed by atoms with Crippen LogP contribution in [0.5, 0.6) is 0 Å². The van der Waals surface area contributed by atoms with Crippen LogP contribution in [0.4, 0.5) is 18.9 Å². The smallest absolute Gasteiger partial charge is 0.269 e. The number of thiophene rings is 1. The lowest BCUT2D eigenvalue weighted by molar-refractivity contribution is -0.106. The van der Waals surface area contributed by atoms with Crippen molar-refractivity contribution in [2.75, 3.05) is 10.5 Å². The fraction of sp³-hybridized carbons (Fsp3) is 0.235. The molecule has 2 heterocycles. The van der Waals surface area contributed by atoms with E-state index in [0.717, 1.165) is 4.88 Å². The Morgan fingerprint density at radius 1 is 1.06 bits per heavy atom. The van der Waals surface area contributed by atoms with Crippen LogP contribution in [0.25, 0.3) is 9.88 Å². The zero-order chi connectivity index (χ0) is 23.6. The lowest BCUT2D eigenvalue weighted by Crippen LogP contribution is -2.37. The third kappa shape index (κ3) is 7.53. The molecule has 0 radical (unpaired) electrons. The molecule has 1 atom stereocenters. The number of benzene rings is 1. The predicted octanol–water partition coefficient (Wildman–Crippen LogP) is 3.85. The maximum absolute atomic E-state index is 12.7. The van der Waals surface area contributed by atoms with E-state index in [9.17, 15) is 30.0 Å². The highest BCUT2D eigenvalue weighted by molar-refractivity contribution is 7.89. The highest BCUT2D eigenvalue weighted by Crippen LogP contribution is 2.31. The van der Waals surface area contributed by atoms with Gasteiger partial charge in [0, 0.05) is 5.38 Å². The van der Waals surface area contributed by atoms with Gasteiger partial charge in [0.15, 0.2) is 5.75 Å². The summed E-state index contributed by atoms with van der Waals surface area (Å²) in [6.45, 7) is 0. The second kappa shape index (κ2) is 9.44. The number of aromatic nitrogens is 1. The topological polar surface area (TPSA) is 125 Å². The monoisotopic (exact) mass is 527 g/mol. The van der Waals surface area contributed by atoms with Gasteiger partial charge in [0.25, 0.3) is 0 Å². The highest BCUT2D eigenvalue weighted by atomic mass is 32.2. The van der Waals surface area contributed by atoms with E-state index in [0.29, 0.717) is 10.6 Å². The van der Waals surface area contributed by atoms with Crippen molar-refractivity contribution in [2.45, 2.75) is 18.6 Å². The van der Waals surface area contributed by atoms with Gasteiger partial charge >= 0.3 is 16.5 Å². The minimum absolute atomic E-state index is 0.0448. The fourth-order valence-electron chi connectivity index (χ4n) is 2.73. The van der Waals surface area contributed by atoms with Crippen LogP contribution >= 0.6 is 22.7 Å². The minimum atomic E-state index is -4.91. The average Bonchev–Trinajstić information content (AvgIpc) is 3.31. The fourth-order valence-corrected chi connectivity index (χ4v) is 6.01. The first-order chi connectivity index (χ1) is 14.8. The number of sulfonamides is 1. The quantitative estimate of drug-likeness (QED) is 0.363.